The molecule has 102 valence electrons. The van der Waals surface area contributed by atoms with Crippen LogP contribution in [0.25, 0.3) is 11.0 Å². The minimum Gasteiger partial charge on any atom is -0.459 e. The first kappa shape index (κ1) is 12.9. The van der Waals surface area contributed by atoms with Gasteiger partial charge in [-0.05, 0) is 42.8 Å². The van der Waals surface area contributed by atoms with E-state index in [1.165, 1.54) is 11.1 Å². The molecular formula is C17H18N2O. The predicted molar refractivity (Wildman–Crippen MR) is 80.5 cm³/mol. The van der Waals surface area contributed by atoms with Gasteiger partial charge in [0.25, 0.3) is 0 Å². The van der Waals surface area contributed by atoms with Crippen molar-refractivity contribution >= 4 is 11.0 Å². The Kier molecular flexibility index (Phi) is 3.28. The van der Waals surface area contributed by atoms with E-state index in [1.807, 2.05) is 30.3 Å². The Morgan fingerprint density at radius 3 is 2.60 bits per heavy atom. The lowest BCUT2D eigenvalue weighted by Crippen LogP contribution is -2.17. The van der Waals surface area contributed by atoms with E-state index >= 15 is 0 Å². The topological polar surface area (TPSA) is 52.0 Å². The number of furan rings is 1. The number of hydrogen-bond acceptors (Lipinski definition) is 3. The van der Waals surface area contributed by atoms with Crippen molar-refractivity contribution in [2.24, 2.45) is 5.73 Å². The summed E-state index contributed by atoms with van der Waals surface area (Å²) < 4.78 is 5.89. The fourth-order valence-electron chi connectivity index (χ4n) is 2.47. The summed E-state index contributed by atoms with van der Waals surface area (Å²) >= 11 is 0. The molecule has 0 bridgehead atoms. The highest BCUT2D eigenvalue weighted by Gasteiger charge is 2.20. The second-order valence-corrected chi connectivity index (χ2v) is 5.29. The van der Waals surface area contributed by atoms with E-state index < -0.39 is 0 Å². The molecule has 3 heteroatoms. The highest BCUT2D eigenvalue weighted by atomic mass is 16.3. The van der Waals surface area contributed by atoms with Crippen molar-refractivity contribution in [1.29, 1.82) is 0 Å². The second-order valence-electron chi connectivity index (χ2n) is 5.29. The molecule has 0 aliphatic rings. The lowest BCUT2D eigenvalue weighted by Gasteiger charge is -2.17. The van der Waals surface area contributed by atoms with E-state index in [-0.39, 0.29) is 12.0 Å². The fourth-order valence-corrected chi connectivity index (χ4v) is 2.47. The first-order valence-corrected chi connectivity index (χ1v) is 6.81. The molecule has 2 heterocycles. The third kappa shape index (κ3) is 2.32. The van der Waals surface area contributed by atoms with Crippen molar-refractivity contribution in [2.45, 2.75) is 25.8 Å². The Morgan fingerprint density at radius 2 is 1.85 bits per heavy atom. The number of hydrogen-bond donors (Lipinski definition) is 1. The van der Waals surface area contributed by atoms with Crippen molar-refractivity contribution in [3.8, 4) is 0 Å². The predicted octanol–water partition coefficient (Wildman–Crippen LogP) is 3.94. The monoisotopic (exact) mass is 266 g/mol. The van der Waals surface area contributed by atoms with Gasteiger partial charge < -0.3 is 10.2 Å². The Bertz CT molecular complexity index is 718. The molecule has 2 N–H and O–H groups in total. The van der Waals surface area contributed by atoms with E-state index in [0.717, 1.165) is 16.7 Å². The first-order chi connectivity index (χ1) is 9.65. The summed E-state index contributed by atoms with van der Waals surface area (Å²) in [6.45, 7) is 4.18. The summed E-state index contributed by atoms with van der Waals surface area (Å²) in [5.74, 6) is 1.01. The van der Waals surface area contributed by atoms with Crippen LogP contribution in [0, 0.1) is 6.92 Å². The van der Waals surface area contributed by atoms with Crippen molar-refractivity contribution in [3.63, 3.8) is 0 Å². The molecule has 0 saturated heterocycles. The maximum atomic E-state index is 6.36. The third-order valence-electron chi connectivity index (χ3n) is 3.79. The van der Waals surface area contributed by atoms with Crippen molar-refractivity contribution < 1.29 is 4.42 Å². The first-order valence-electron chi connectivity index (χ1n) is 6.81. The van der Waals surface area contributed by atoms with Crippen molar-refractivity contribution in [3.05, 3.63) is 65.7 Å². The zero-order valence-corrected chi connectivity index (χ0v) is 11.7. The second kappa shape index (κ2) is 5.10. The van der Waals surface area contributed by atoms with Crippen LogP contribution in [-0.2, 0) is 0 Å². The Morgan fingerprint density at radius 1 is 1.10 bits per heavy atom. The van der Waals surface area contributed by atoms with Gasteiger partial charge in [0, 0.05) is 23.7 Å². The third-order valence-corrected chi connectivity index (χ3v) is 3.79. The average molecular weight is 266 g/mol. The highest BCUT2D eigenvalue weighted by molar-refractivity contribution is 5.78. The number of fused-ring (bicyclic) bond motifs is 1. The van der Waals surface area contributed by atoms with Gasteiger partial charge in [-0.1, -0.05) is 18.6 Å². The Hall–Kier alpha value is -2.13. The zero-order chi connectivity index (χ0) is 14.1. The smallest absolute Gasteiger partial charge is 0.134 e. The SMILES string of the molecule is Cc1ccc2oc(C(N)C(C)c3ccncc3)cc2c1. The van der Waals surface area contributed by atoms with Gasteiger partial charge in [-0.3, -0.25) is 4.98 Å². The Balaban J connectivity index is 1.94. The maximum Gasteiger partial charge on any atom is 0.134 e. The van der Waals surface area contributed by atoms with Crippen LogP contribution < -0.4 is 5.73 Å². The van der Waals surface area contributed by atoms with Crippen LogP contribution in [0.3, 0.4) is 0 Å². The number of rotatable bonds is 3. The molecule has 0 aliphatic heterocycles. The van der Waals surface area contributed by atoms with Crippen LogP contribution in [-0.4, -0.2) is 4.98 Å². The quantitative estimate of drug-likeness (QED) is 0.781. The number of nitrogens with two attached hydrogens (primary N) is 1. The van der Waals surface area contributed by atoms with Crippen LogP contribution >= 0.6 is 0 Å². The minimum absolute atomic E-state index is 0.162. The van der Waals surface area contributed by atoms with Crippen LogP contribution in [0.15, 0.2) is 53.2 Å². The summed E-state index contributed by atoms with van der Waals surface area (Å²) in [7, 11) is 0. The van der Waals surface area contributed by atoms with E-state index in [1.54, 1.807) is 12.4 Å². The number of aromatic nitrogens is 1. The molecule has 3 aromatic rings. The van der Waals surface area contributed by atoms with E-state index in [2.05, 4.69) is 24.9 Å². The standard InChI is InChI=1S/C17H18N2O/c1-11-3-4-15-14(9-11)10-16(20-15)17(18)12(2)13-5-7-19-8-6-13/h3-10,12,17H,18H2,1-2H3. The van der Waals surface area contributed by atoms with Crippen LogP contribution in [0.4, 0.5) is 0 Å². The zero-order valence-electron chi connectivity index (χ0n) is 11.7. The summed E-state index contributed by atoms with van der Waals surface area (Å²) in [6, 6.07) is 12.0. The number of aryl methyl sites for hydroxylation is 1. The molecule has 0 radical (unpaired) electrons. The van der Waals surface area contributed by atoms with Crippen LogP contribution in [0.2, 0.25) is 0 Å². The molecule has 2 aromatic heterocycles. The van der Waals surface area contributed by atoms with E-state index in [0.29, 0.717) is 0 Å². The van der Waals surface area contributed by atoms with Gasteiger partial charge in [-0.25, -0.2) is 0 Å². The molecule has 1 aromatic carbocycles. The molecule has 3 nitrogen and oxygen atoms in total. The Labute approximate surface area is 118 Å². The molecule has 2 unspecified atom stereocenters. The average Bonchev–Trinajstić information content (AvgIpc) is 2.89. The number of pyridine rings is 1. The molecule has 0 spiro atoms. The van der Waals surface area contributed by atoms with Gasteiger partial charge in [0.05, 0.1) is 6.04 Å². The molecule has 0 amide bonds. The van der Waals surface area contributed by atoms with Gasteiger partial charge in [0.15, 0.2) is 0 Å². The van der Waals surface area contributed by atoms with Gasteiger partial charge in [-0.15, -0.1) is 0 Å². The van der Waals surface area contributed by atoms with E-state index in [9.17, 15) is 0 Å². The summed E-state index contributed by atoms with van der Waals surface area (Å²) in [6.07, 6.45) is 3.58. The van der Waals surface area contributed by atoms with Crippen LogP contribution in [0.5, 0.6) is 0 Å². The highest BCUT2D eigenvalue weighted by Crippen LogP contribution is 2.32. The van der Waals surface area contributed by atoms with E-state index in [4.69, 9.17) is 10.2 Å². The fraction of sp³-hybridized carbons (Fsp3) is 0.235. The molecule has 0 aliphatic carbocycles. The minimum atomic E-state index is -0.162. The largest absolute Gasteiger partial charge is 0.459 e. The number of benzene rings is 1. The summed E-state index contributed by atoms with van der Waals surface area (Å²) in [4.78, 5) is 4.04. The van der Waals surface area contributed by atoms with Crippen LogP contribution in [0.1, 0.15) is 35.8 Å². The summed E-state index contributed by atoms with van der Waals surface area (Å²) in [5.41, 5.74) is 9.64. The molecule has 0 saturated carbocycles. The molecule has 20 heavy (non-hydrogen) atoms. The molecule has 0 fully saturated rings. The van der Waals surface area contributed by atoms with Gasteiger partial charge in [0.1, 0.15) is 11.3 Å². The lowest BCUT2D eigenvalue weighted by molar-refractivity contribution is 0.457. The lowest BCUT2D eigenvalue weighted by atomic mass is 9.93. The molecule has 2 atom stereocenters. The van der Waals surface area contributed by atoms with Gasteiger partial charge >= 0.3 is 0 Å². The normalized spacial score (nSPS) is 14.3. The molecular weight excluding hydrogens is 248 g/mol. The number of nitrogens with zero attached hydrogens (tertiary/aromatic N) is 1. The molecule has 3 rings (SSSR count). The van der Waals surface area contributed by atoms with Gasteiger partial charge in [0.2, 0.25) is 0 Å². The summed E-state index contributed by atoms with van der Waals surface area (Å²) in [5, 5.41) is 1.11. The van der Waals surface area contributed by atoms with Gasteiger partial charge in [-0.2, -0.15) is 0 Å². The van der Waals surface area contributed by atoms with Crippen molar-refractivity contribution in [2.75, 3.05) is 0 Å². The maximum absolute atomic E-state index is 6.36. The van der Waals surface area contributed by atoms with Crippen molar-refractivity contribution in [1.82, 2.24) is 4.98 Å².